The smallest absolute Gasteiger partial charge is 0.299 e. The van der Waals surface area contributed by atoms with Crippen molar-refractivity contribution in [1.82, 2.24) is 15.1 Å². The first-order valence-corrected chi connectivity index (χ1v) is 7.71. The van der Waals surface area contributed by atoms with Crippen LogP contribution in [-0.2, 0) is 13.5 Å². The number of aryl methyl sites for hydroxylation is 2. The molecule has 2 heterocycles. The average molecular weight is 343 g/mol. The van der Waals surface area contributed by atoms with Crippen molar-refractivity contribution in [1.29, 1.82) is 0 Å². The van der Waals surface area contributed by atoms with E-state index >= 15 is 0 Å². The molecule has 0 saturated carbocycles. The third-order valence-electron chi connectivity index (χ3n) is 3.41. The van der Waals surface area contributed by atoms with Crippen molar-refractivity contribution in [3.63, 3.8) is 0 Å². The number of hydrogen-bond donors (Lipinski definition) is 1. The molecule has 0 radical (unpaired) electrons. The largest absolute Gasteiger partial charge is 0.351 e. The Balaban J connectivity index is 1.98. The Morgan fingerprint density at radius 1 is 1.55 bits per heavy atom. The second-order valence-electron chi connectivity index (χ2n) is 4.81. The zero-order valence-electron chi connectivity index (χ0n) is 12.3. The molecule has 2 aromatic heterocycles. The molecule has 0 aliphatic heterocycles. The predicted molar refractivity (Wildman–Crippen MR) is 84.7 cm³/mol. The van der Waals surface area contributed by atoms with E-state index in [0.29, 0.717) is 13.0 Å². The van der Waals surface area contributed by atoms with Crippen molar-refractivity contribution >= 4 is 34.5 Å². The topological polar surface area (TPSA) is 90.1 Å². The van der Waals surface area contributed by atoms with Crippen LogP contribution in [0.4, 0.5) is 5.69 Å². The molecular weight excluding hydrogens is 328 g/mol. The van der Waals surface area contributed by atoms with Gasteiger partial charge in [0, 0.05) is 25.4 Å². The molecule has 0 aliphatic rings. The molecule has 0 atom stereocenters. The van der Waals surface area contributed by atoms with Gasteiger partial charge in [-0.2, -0.15) is 5.10 Å². The Morgan fingerprint density at radius 2 is 2.23 bits per heavy atom. The Kier molecular flexibility index (Phi) is 4.82. The van der Waals surface area contributed by atoms with Crippen LogP contribution in [-0.4, -0.2) is 27.2 Å². The van der Waals surface area contributed by atoms with E-state index < -0.39 is 4.92 Å². The Bertz CT molecular complexity index is 738. The molecule has 0 spiro atoms. The van der Waals surface area contributed by atoms with Crippen molar-refractivity contribution in [2.75, 3.05) is 6.54 Å². The molecule has 0 unspecified atom stereocenters. The van der Waals surface area contributed by atoms with Crippen LogP contribution in [0, 0.1) is 24.0 Å². The predicted octanol–water partition coefficient (Wildman–Crippen LogP) is 2.63. The van der Waals surface area contributed by atoms with Gasteiger partial charge in [0.15, 0.2) is 4.34 Å². The molecule has 22 heavy (non-hydrogen) atoms. The maximum atomic E-state index is 12.0. The first-order chi connectivity index (χ1) is 10.3. The minimum atomic E-state index is -0.599. The molecule has 1 N–H and O–H groups in total. The Hall–Kier alpha value is -1.93. The molecule has 0 bridgehead atoms. The summed E-state index contributed by atoms with van der Waals surface area (Å²) in [5, 5.41) is 17.8. The van der Waals surface area contributed by atoms with Gasteiger partial charge in [-0.15, -0.1) is 11.3 Å². The second-order valence-corrected chi connectivity index (χ2v) is 6.46. The number of thiophene rings is 1. The summed E-state index contributed by atoms with van der Waals surface area (Å²) in [4.78, 5) is 22.3. The van der Waals surface area contributed by atoms with Gasteiger partial charge in [0.25, 0.3) is 11.6 Å². The molecule has 2 rings (SSSR count). The lowest BCUT2D eigenvalue weighted by atomic mass is 10.1. The summed E-state index contributed by atoms with van der Waals surface area (Å²) in [5.41, 5.74) is 2.85. The lowest BCUT2D eigenvalue weighted by Gasteiger charge is -2.04. The number of nitrogens with one attached hydrogen (secondary N) is 1. The van der Waals surface area contributed by atoms with E-state index in [2.05, 4.69) is 10.4 Å². The lowest BCUT2D eigenvalue weighted by Crippen LogP contribution is -2.25. The lowest BCUT2D eigenvalue weighted by molar-refractivity contribution is -0.384. The van der Waals surface area contributed by atoms with Crippen LogP contribution < -0.4 is 5.32 Å². The highest BCUT2D eigenvalue weighted by Crippen LogP contribution is 2.33. The van der Waals surface area contributed by atoms with E-state index in [1.54, 1.807) is 4.68 Å². The zero-order valence-corrected chi connectivity index (χ0v) is 13.9. The molecule has 7 nitrogen and oxygen atoms in total. The van der Waals surface area contributed by atoms with Crippen LogP contribution in [0.3, 0.4) is 0 Å². The third-order valence-corrected chi connectivity index (χ3v) is 4.75. The van der Waals surface area contributed by atoms with Crippen molar-refractivity contribution in [2.24, 2.45) is 7.05 Å². The van der Waals surface area contributed by atoms with Gasteiger partial charge in [0.05, 0.1) is 10.6 Å². The summed E-state index contributed by atoms with van der Waals surface area (Å²) in [6.07, 6.45) is 0.651. The number of carbonyl (C=O) groups excluding carboxylic acids is 1. The molecule has 0 saturated heterocycles. The van der Waals surface area contributed by atoms with Gasteiger partial charge in [-0.25, -0.2) is 0 Å². The van der Waals surface area contributed by atoms with Crippen LogP contribution in [0.15, 0.2) is 6.07 Å². The highest BCUT2D eigenvalue weighted by Gasteiger charge is 2.21. The summed E-state index contributed by atoms with van der Waals surface area (Å²) >= 11 is 6.65. The summed E-state index contributed by atoms with van der Waals surface area (Å²) in [7, 11) is 1.87. The molecule has 2 aromatic rings. The third kappa shape index (κ3) is 3.28. The zero-order chi connectivity index (χ0) is 16.4. The van der Waals surface area contributed by atoms with E-state index in [4.69, 9.17) is 11.6 Å². The second kappa shape index (κ2) is 6.45. The van der Waals surface area contributed by atoms with E-state index in [9.17, 15) is 14.9 Å². The number of halogens is 1. The molecule has 1 amide bonds. The molecule has 0 aliphatic carbocycles. The van der Waals surface area contributed by atoms with E-state index in [0.717, 1.165) is 28.3 Å². The van der Waals surface area contributed by atoms with Gasteiger partial charge < -0.3 is 5.32 Å². The van der Waals surface area contributed by atoms with Gasteiger partial charge >= 0.3 is 0 Å². The number of aromatic nitrogens is 2. The molecular formula is C13H15ClN4O3S. The minimum absolute atomic E-state index is 0.00842. The van der Waals surface area contributed by atoms with Gasteiger partial charge in [-0.05, 0) is 25.8 Å². The van der Waals surface area contributed by atoms with Gasteiger partial charge in [0.2, 0.25) is 0 Å². The fourth-order valence-corrected chi connectivity index (χ4v) is 3.30. The highest BCUT2D eigenvalue weighted by molar-refractivity contribution is 7.18. The van der Waals surface area contributed by atoms with Crippen molar-refractivity contribution < 1.29 is 9.72 Å². The van der Waals surface area contributed by atoms with Crippen molar-refractivity contribution in [3.8, 4) is 0 Å². The molecule has 118 valence electrons. The number of hydrogen-bond acceptors (Lipinski definition) is 5. The number of carbonyl (C=O) groups is 1. The first kappa shape index (κ1) is 16.4. The Morgan fingerprint density at radius 3 is 2.73 bits per heavy atom. The summed E-state index contributed by atoms with van der Waals surface area (Å²) in [5.74, 6) is -0.362. The number of rotatable bonds is 5. The first-order valence-electron chi connectivity index (χ1n) is 6.52. The normalized spacial score (nSPS) is 10.7. The van der Waals surface area contributed by atoms with Crippen molar-refractivity contribution in [3.05, 3.63) is 42.3 Å². The molecule has 0 fully saturated rings. The monoisotopic (exact) mass is 342 g/mol. The van der Waals surface area contributed by atoms with Crippen LogP contribution in [0.5, 0.6) is 0 Å². The fourth-order valence-electron chi connectivity index (χ4n) is 2.16. The molecule has 0 aromatic carbocycles. The van der Waals surface area contributed by atoms with Gasteiger partial charge in [-0.3, -0.25) is 19.6 Å². The Labute approximate surface area is 136 Å². The van der Waals surface area contributed by atoms with Crippen LogP contribution in [0.2, 0.25) is 4.34 Å². The standard InChI is InChI=1S/C13H15ClN4O3S/c1-7-9(8(2)17(3)16-7)4-5-15-13(19)11-6-10(18(20)21)12(14)22-11/h6H,4-5H2,1-3H3,(H,15,19). The maximum Gasteiger partial charge on any atom is 0.299 e. The average Bonchev–Trinajstić information content (AvgIpc) is 2.94. The quantitative estimate of drug-likeness (QED) is 0.668. The van der Waals surface area contributed by atoms with E-state index in [1.807, 2.05) is 20.9 Å². The maximum absolute atomic E-state index is 12.0. The van der Waals surface area contributed by atoms with Crippen LogP contribution in [0.1, 0.15) is 26.6 Å². The highest BCUT2D eigenvalue weighted by atomic mass is 35.5. The number of amides is 1. The van der Waals surface area contributed by atoms with E-state index in [-0.39, 0.29) is 20.8 Å². The summed E-state index contributed by atoms with van der Waals surface area (Å²) in [6, 6.07) is 1.20. The number of nitrogens with zero attached hydrogens (tertiary/aromatic N) is 3. The SMILES string of the molecule is Cc1nn(C)c(C)c1CCNC(=O)c1cc([N+](=O)[O-])c(Cl)s1. The van der Waals surface area contributed by atoms with Crippen LogP contribution in [0.25, 0.3) is 0 Å². The minimum Gasteiger partial charge on any atom is -0.351 e. The number of nitro groups is 1. The van der Waals surface area contributed by atoms with Gasteiger partial charge in [0.1, 0.15) is 4.88 Å². The van der Waals surface area contributed by atoms with Crippen LogP contribution >= 0.6 is 22.9 Å². The summed E-state index contributed by atoms with van der Waals surface area (Å²) in [6.45, 7) is 4.32. The van der Waals surface area contributed by atoms with Gasteiger partial charge in [-0.1, -0.05) is 11.6 Å². The van der Waals surface area contributed by atoms with Crippen molar-refractivity contribution in [2.45, 2.75) is 20.3 Å². The summed E-state index contributed by atoms with van der Waals surface area (Å²) < 4.78 is 1.81. The molecule has 9 heteroatoms. The van der Waals surface area contributed by atoms with E-state index in [1.165, 1.54) is 6.07 Å². The fraction of sp³-hybridized carbons (Fsp3) is 0.385.